The quantitative estimate of drug-likeness (QED) is 0.786. The average Bonchev–Trinajstić information content (AvgIpc) is 2.94. The first kappa shape index (κ1) is 14.3. The van der Waals surface area contributed by atoms with Gasteiger partial charge in [-0.25, -0.2) is 9.97 Å². The summed E-state index contributed by atoms with van der Waals surface area (Å²) in [6.45, 7) is 2.73. The molecule has 0 radical (unpaired) electrons. The molecule has 0 aliphatic carbocycles. The minimum atomic E-state index is 0.781. The van der Waals surface area contributed by atoms with Crippen LogP contribution in [0.2, 0.25) is 0 Å². The molecule has 3 rings (SSSR count). The molecule has 2 aromatic heterocycles. The Kier molecular flexibility index (Phi) is 4.14. The fourth-order valence-corrected chi connectivity index (χ4v) is 2.37. The molecule has 0 saturated carbocycles. The SMILES string of the molecule is Cc1nccc(NCCc2cccc(-c3cnn(C)c3)c2)n1. The van der Waals surface area contributed by atoms with Crippen LogP contribution in [0.5, 0.6) is 0 Å². The second kappa shape index (κ2) is 6.39. The highest BCUT2D eigenvalue weighted by Gasteiger charge is 2.02. The van der Waals surface area contributed by atoms with Gasteiger partial charge in [0.1, 0.15) is 11.6 Å². The number of nitrogens with zero attached hydrogens (tertiary/aromatic N) is 4. The molecule has 1 N–H and O–H groups in total. The van der Waals surface area contributed by atoms with E-state index in [1.54, 1.807) is 6.20 Å². The van der Waals surface area contributed by atoms with E-state index in [2.05, 4.69) is 44.6 Å². The first-order valence-corrected chi connectivity index (χ1v) is 7.32. The first-order chi connectivity index (χ1) is 10.7. The van der Waals surface area contributed by atoms with Gasteiger partial charge in [-0.2, -0.15) is 5.10 Å². The van der Waals surface area contributed by atoms with Crippen molar-refractivity contribution in [2.24, 2.45) is 7.05 Å². The summed E-state index contributed by atoms with van der Waals surface area (Å²) >= 11 is 0. The van der Waals surface area contributed by atoms with Crippen LogP contribution in [0.4, 0.5) is 5.82 Å². The number of aromatic nitrogens is 4. The van der Waals surface area contributed by atoms with Crippen LogP contribution in [0.1, 0.15) is 11.4 Å². The average molecular weight is 293 g/mol. The molecular formula is C17H19N5. The van der Waals surface area contributed by atoms with Crippen LogP contribution in [0.15, 0.2) is 48.9 Å². The van der Waals surface area contributed by atoms with Crippen LogP contribution in [-0.2, 0) is 13.5 Å². The van der Waals surface area contributed by atoms with Gasteiger partial charge in [0.25, 0.3) is 0 Å². The van der Waals surface area contributed by atoms with Gasteiger partial charge >= 0.3 is 0 Å². The van der Waals surface area contributed by atoms with E-state index < -0.39 is 0 Å². The molecule has 5 nitrogen and oxygen atoms in total. The van der Waals surface area contributed by atoms with Crippen molar-refractivity contribution in [1.82, 2.24) is 19.7 Å². The highest BCUT2D eigenvalue weighted by molar-refractivity contribution is 5.62. The lowest BCUT2D eigenvalue weighted by Crippen LogP contribution is -2.07. The summed E-state index contributed by atoms with van der Waals surface area (Å²) < 4.78 is 1.82. The molecule has 0 atom stereocenters. The number of anilines is 1. The molecule has 0 aliphatic rings. The summed E-state index contributed by atoms with van der Waals surface area (Å²) in [4.78, 5) is 8.43. The van der Waals surface area contributed by atoms with Crippen LogP contribution in [0, 0.1) is 6.92 Å². The molecule has 112 valence electrons. The van der Waals surface area contributed by atoms with E-state index in [4.69, 9.17) is 0 Å². The van der Waals surface area contributed by atoms with Crippen molar-refractivity contribution in [1.29, 1.82) is 0 Å². The number of benzene rings is 1. The van der Waals surface area contributed by atoms with Gasteiger partial charge in [0, 0.05) is 31.5 Å². The van der Waals surface area contributed by atoms with Crippen LogP contribution >= 0.6 is 0 Å². The van der Waals surface area contributed by atoms with Crippen molar-refractivity contribution < 1.29 is 0 Å². The molecule has 22 heavy (non-hydrogen) atoms. The molecule has 0 saturated heterocycles. The van der Waals surface area contributed by atoms with E-state index >= 15 is 0 Å². The minimum absolute atomic E-state index is 0.781. The zero-order valence-corrected chi connectivity index (χ0v) is 12.8. The summed E-state index contributed by atoms with van der Waals surface area (Å²) in [5.74, 6) is 1.65. The van der Waals surface area contributed by atoms with Crippen LogP contribution in [0.3, 0.4) is 0 Å². The van der Waals surface area contributed by atoms with Gasteiger partial charge in [0.05, 0.1) is 6.20 Å². The monoisotopic (exact) mass is 293 g/mol. The summed E-state index contributed by atoms with van der Waals surface area (Å²) in [5, 5.41) is 7.55. The molecule has 0 spiro atoms. The van der Waals surface area contributed by atoms with Gasteiger partial charge in [0.2, 0.25) is 0 Å². The fourth-order valence-electron chi connectivity index (χ4n) is 2.37. The molecule has 0 fully saturated rings. The van der Waals surface area contributed by atoms with E-state index in [-0.39, 0.29) is 0 Å². The lowest BCUT2D eigenvalue weighted by atomic mass is 10.0. The fraction of sp³-hybridized carbons (Fsp3) is 0.235. The molecular weight excluding hydrogens is 274 g/mol. The zero-order chi connectivity index (χ0) is 15.4. The molecule has 2 heterocycles. The predicted octanol–water partition coefficient (Wildman–Crippen LogP) is 2.84. The minimum Gasteiger partial charge on any atom is -0.370 e. The maximum atomic E-state index is 4.34. The van der Waals surface area contributed by atoms with Crippen LogP contribution in [-0.4, -0.2) is 26.3 Å². The lowest BCUT2D eigenvalue weighted by Gasteiger charge is -2.07. The van der Waals surface area contributed by atoms with Crippen molar-refractivity contribution >= 4 is 5.82 Å². The van der Waals surface area contributed by atoms with E-state index in [0.29, 0.717) is 0 Å². The lowest BCUT2D eigenvalue weighted by molar-refractivity contribution is 0.768. The zero-order valence-electron chi connectivity index (χ0n) is 12.8. The van der Waals surface area contributed by atoms with Crippen molar-refractivity contribution in [3.05, 3.63) is 60.3 Å². The largest absolute Gasteiger partial charge is 0.370 e. The molecule has 3 aromatic rings. The standard InChI is InChI=1S/C17H19N5/c1-13-18-9-7-17(21-13)19-8-6-14-4-3-5-15(10-14)16-11-20-22(2)12-16/h3-5,7,9-12H,6,8H2,1-2H3,(H,18,19,21). The van der Waals surface area contributed by atoms with Gasteiger partial charge in [-0.1, -0.05) is 24.3 Å². The highest BCUT2D eigenvalue weighted by atomic mass is 15.2. The third kappa shape index (κ3) is 3.49. The van der Waals surface area contributed by atoms with E-state index in [1.165, 1.54) is 11.1 Å². The van der Waals surface area contributed by atoms with Gasteiger partial charge in [0.15, 0.2) is 0 Å². The van der Waals surface area contributed by atoms with Gasteiger partial charge in [-0.15, -0.1) is 0 Å². The maximum Gasteiger partial charge on any atom is 0.129 e. The number of aryl methyl sites for hydroxylation is 2. The second-order valence-electron chi connectivity index (χ2n) is 5.27. The summed E-state index contributed by atoms with van der Waals surface area (Å²) in [7, 11) is 1.93. The maximum absolute atomic E-state index is 4.34. The van der Waals surface area contributed by atoms with Crippen molar-refractivity contribution in [2.75, 3.05) is 11.9 Å². The normalized spacial score (nSPS) is 10.6. The third-order valence-electron chi connectivity index (χ3n) is 3.46. The number of rotatable bonds is 5. The Morgan fingerprint density at radius 1 is 1.18 bits per heavy atom. The molecule has 0 amide bonds. The van der Waals surface area contributed by atoms with Crippen LogP contribution in [0.25, 0.3) is 11.1 Å². The Morgan fingerprint density at radius 3 is 2.86 bits per heavy atom. The Bertz CT molecular complexity index is 763. The summed E-state index contributed by atoms with van der Waals surface area (Å²) in [6, 6.07) is 10.4. The Labute approximate surface area is 130 Å². The number of hydrogen-bond acceptors (Lipinski definition) is 4. The molecule has 1 aromatic carbocycles. The smallest absolute Gasteiger partial charge is 0.129 e. The summed E-state index contributed by atoms with van der Waals surface area (Å²) in [5.41, 5.74) is 3.63. The predicted molar refractivity (Wildman–Crippen MR) is 87.6 cm³/mol. The molecule has 0 aliphatic heterocycles. The first-order valence-electron chi connectivity index (χ1n) is 7.32. The molecule has 0 bridgehead atoms. The highest BCUT2D eigenvalue weighted by Crippen LogP contribution is 2.19. The van der Waals surface area contributed by atoms with Gasteiger partial charge in [-0.05, 0) is 30.5 Å². The Balaban J connectivity index is 1.63. The van der Waals surface area contributed by atoms with Crippen molar-refractivity contribution in [3.8, 4) is 11.1 Å². The van der Waals surface area contributed by atoms with Crippen LogP contribution < -0.4 is 5.32 Å². The Hall–Kier alpha value is -2.69. The van der Waals surface area contributed by atoms with Gasteiger partial charge < -0.3 is 5.32 Å². The van der Waals surface area contributed by atoms with Crippen molar-refractivity contribution in [3.63, 3.8) is 0 Å². The number of nitrogens with one attached hydrogen (secondary N) is 1. The summed E-state index contributed by atoms with van der Waals surface area (Å²) in [6.07, 6.45) is 6.63. The number of hydrogen-bond donors (Lipinski definition) is 1. The second-order valence-corrected chi connectivity index (χ2v) is 5.27. The Morgan fingerprint density at radius 2 is 2.09 bits per heavy atom. The molecule has 0 unspecified atom stereocenters. The van der Waals surface area contributed by atoms with E-state index in [9.17, 15) is 0 Å². The topological polar surface area (TPSA) is 55.6 Å². The van der Waals surface area contributed by atoms with Gasteiger partial charge in [-0.3, -0.25) is 4.68 Å². The third-order valence-corrected chi connectivity index (χ3v) is 3.46. The van der Waals surface area contributed by atoms with E-state index in [1.807, 2.05) is 37.1 Å². The van der Waals surface area contributed by atoms with E-state index in [0.717, 1.165) is 30.2 Å². The molecule has 5 heteroatoms. The van der Waals surface area contributed by atoms with Crippen molar-refractivity contribution in [2.45, 2.75) is 13.3 Å².